The highest BCUT2D eigenvalue weighted by molar-refractivity contribution is 5.94. The zero-order valence-electron chi connectivity index (χ0n) is 16.6. The summed E-state index contributed by atoms with van der Waals surface area (Å²) in [7, 11) is 0. The zero-order chi connectivity index (χ0) is 19.7. The molecule has 0 radical (unpaired) electrons. The molecule has 2 aromatic heterocycles. The summed E-state index contributed by atoms with van der Waals surface area (Å²) in [5.41, 5.74) is 3.09. The third kappa shape index (κ3) is 3.62. The van der Waals surface area contributed by atoms with Gasteiger partial charge in [0.2, 0.25) is 5.88 Å². The normalized spacial score (nSPS) is 18.3. The summed E-state index contributed by atoms with van der Waals surface area (Å²) in [4.78, 5) is 11.0. The molecule has 1 aromatic carbocycles. The highest BCUT2D eigenvalue weighted by atomic mass is 16.3. The van der Waals surface area contributed by atoms with Gasteiger partial charge in [-0.05, 0) is 45.7 Å². The van der Waals surface area contributed by atoms with E-state index >= 15 is 0 Å². The van der Waals surface area contributed by atoms with E-state index in [1.54, 1.807) is 0 Å². The van der Waals surface area contributed by atoms with Crippen molar-refractivity contribution in [1.29, 1.82) is 0 Å². The maximum Gasteiger partial charge on any atom is 0.269 e. The second-order valence-electron chi connectivity index (χ2n) is 7.57. The van der Waals surface area contributed by atoms with E-state index in [0.29, 0.717) is 24.3 Å². The molecule has 146 valence electrons. The first kappa shape index (κ1) is 18.6. The summed E-state index contributed by atoms with van der Waals surface area (Å²) in [6.07, 6.45) is 3.66. The van der Waals surface area contributed by atoms with Gasteiger partial charge in [-0.3, -0.25) is 9.47 Å². The van der Waals surface area contributed by atoms with Crippen LogP contribution in [0.2, 0.25) is 0 Å². The van der Waals surface area contributed by atoms with Crippen molar-refractivity contribution in [3.63, 3.8) is 0 Å². The molecule has 0 amide bonds. The third-order valence-electron chi connectivity index (χ3n) is 5.39. The lowest BCUT2D eigenvalue weighted by molar-refractivity contribution is 0.120. The van der Waals surface area contributed by atoms with Gasteiger partial charge in [0, 0.05) is 29.4 Å². The van der Waals surface area contributed by atoms with Gasteiger partial charge < -0.3 is 5.11 Å². The molecular formula is C21H26N6O. The molecule has 28 heavy (non-hydrogen) atoms. The smallest absolute Gasteiger partial charge is 0.269 e. The Balaban J connectivity index is 1.72. The number of fused-ring (bicyclic) bond motifs is 1. The van der Waals surface area contributed by atoms with E-state index in [1.165, 1.54) is 19.3 Å². The van der Waals surface area contributed by atoms with Gasteiger partial charge >= 0.3 is 0 Å². The standard InChI is InChI=1S/C21H26N6O/c1-14-12-15(2)23-21(22-14)25-24-19-17-9-4-5-10-18(17)27(20(19)28)13-26-11-7-6-8-16(26)3/h4-5,9-10,12,16,28H,6-8,11,13H2,1-3H3. The Kier molecular flexibility index (Phi) is 5.09. The Hall–Kier alpha value is -2.80. The van der Waals surface area contributed by atoms with E-state index < -0.39 is 0 Å². The summed E-state index contributed by atoms with van der Waals surface area (Å²) in [5.74, 6) is 0.436. The predicted octanol–water partition coefficient (Wildman–Crippen LogP) is 5.00. The van der Waals surface area contributed by atoms with Gasteiger partial charge in [-0.1, -0.05) is 24.6 Å². The summed E-state index contributed by atoms with van der Waals surface area (Å²) in [6.45, 7) is 7.73. The maximum absolute atomic E-state index is 11.0. The molecule has 1 unspecified atom stereocenters. The summed E-state index contributed by atoms with van der Waals surface area (Å²) >= 11 is 0. The number of hydrogen-bond acceptors (Lipinski definition) is 6. The van der Waals surface area contributed by atoms with Crippen molar-refractivity contribution >= 4 is 22.5 Å². The third-order valence-corrected chi connectivity index (χ3v) is 5.39. The van der Waals surface area contributed by atoms with Gasteiger partial charge in [0.05, 0.1) is 12.2 Å². The van der Waals surface area contributed by atoms with Gasteiger partial charge in [0.15, 0.2) is 5.69 Å². The molecule has 1 aliphatic heterocycles. The van der Waals surface area contributed by atoms with Crippen LogP contribution in [-0.4, -0.2) is 37.1 Å². The number of likely N-dealkylation sites (tertiary alicyclic amines) is 1. The van der Waals surface area contributed by atoms with Crippen molar-refractivity contribution in [2.75, 3.05) is 6.54 Å². The van der Waals surface area contributed by atoms with E-state index in [0.717, 1.165) is 28.8 Å². The second-order valence-corrected chi connectivity index (χ2v) is 7.57. The van der Waals surface area contributed by atoms with Crippen molar-refractivity contribution in [2.45, 2.75) is 52.7 Å². The number of piperidine rings is 1. The molecule has 4 rings (SSSR count). The molecule has 1 N–H and O–H groups in total. The van der Waals surface area contributed by atoms with Crippen LogP contribution in [0, 0.1) is 13.8 Å². The van der Waals surface area contributed by atoms with Crippen molar-refractivity contribution in [3.05, 3.63) is 41.7 Å². The van der Waals surface area contributed by atoms with Crippen LogP contribution in [0.1, 0.15) is 37.6 Å². The quantitative estimate of drug-likeness (QED) is 0.648. The fraction of sp³-hybridized carbons (Fsp3) is 0.429. The van der Waals surface area contributed by atoms with Crippen molar-refractivity contribution in [3.8, 4) is 5.88 Å². The molecule has 0 aliphatic carbocycles. The number of rotatable bonds is 4. The Morgan fingerprint density at radius 1 is 1.11 bits per heavy atom. The van der Waals surface area contributed by atoms with E-state index in [-0.39, 0.29) is 5.88 Å². The van der Waals surface area contributed by atoms with E-state index in [4.69, 9.17) is 0 Å². The average Bonchev–Trinajstić information content (AvgIpc) is 2.93. The van der Waals surface area contributed by atoms with Gasteiger partial charge in [-0.2, -0.15) is 0 Å². The minimum Gasteiger partial charge on any atom is -0.493 e. The lowest BCUT2D eigenvalue weighted by atomic mass is 10.0. The molecule has 0 spiro atoms. The Bertz CT molecular complexity index is 1000. The molecule has 7 nitrogen and oxygen atoms in total. The minimum absolute atomic E-state index is 0.132. The monoisotopic (exact) mass is 378 g/mol. The molecule has 1 atom stereocenters. The topological polar surface area (TPSA) is 78.9 Å². The van der Waals surface area contributed by atoms with Crippen LogP contribution in [0.3, 0.4) is 0 Å². The fourth-order valence-electron chi connectivity index (χ4n) is 3.91. The van der Waals surface area contributed by atoms with Crippen LogP contribution in [0.25, 0.3) is 10.9 Å². The predicted molar refractivity (Wildman–Crippen MR) is 109 cm³/mol. The first-order valence-electron chi connectivity index (χ1n) is 9.81. The molecule has 7 heteroatoms. The number of para-hydroxylation sites is 1. The van der Waals surface area contributed by atoms with Crippen LogP contribution in [-0.2, 0) is 6.67 Å². The highest BCUT2D eigenvalue weighted by Gasteiger charge is 2.22. The molecule has 0 bridgehead atoms. The fourth-order valence-corrected chi connectivity index (χ4v) is 3.91. The number of benzene rings is 1. The SMILES string of the molecule is Cc1cc(C)nc(N=Nc2c(O)n(CN3CCCCC3C)c3ccccc23)n1. The highest BCUT2D eigenvalue weighted by Crippen LogP contribution is 2.39. The van der Waals surface area contributed by atoms with Crippen molar-refractivity contribution in [1.82, 2.24) is 19.4 Å². The minimum atomic E-state index is 0.132. The Labute approximate surface area is 164 Å². The largest absolute Gasteiger partial charge is 0.493 e. The van der Waals surface area contributed by atoms with Crippen LogP contribution in [0.4, 0.5) is 11.6 Å². The first-order chi connectivity index (χ1) is 13.5. The van der Waals surface area contributed by atoms with Gasteiger partial charge in [0.25, 0.3) is 5.95 Å². The number of nitrogens with zero attached hydrogens (tertiary/aromatic N) is 6. The zero-order valence-corrected chi connectivity index (χ0v) is 16.6. The maximum atomic E-state index is 11.0. The number of hydrogen-bond donors (Lipinski definition) is 1. The first-order valence-corrected chi connectivity index (χ1v) is 9.81. The molecule has 1 saturated heterocycles. The number of azo groups is 1. The van der Waals surface area contributed by atoms with Gasteiger partial charge in [-0.25, -0.2) is 9.97 Å². The van der Waals surface area contributed by atoms with Crippen LogP contribution >= 0.6 is 0 Å². The van der Waals surface area contributed by atoms with Gasteiger partial charge in [-0.15, -0.1) is 10.2 Å². The Morgan fingerprint density at radius 2 is 1.86 bits per heavy atom. The van der Waals surface area contributed by atoms with E-state index in [2.05, 4.69) is 32.0 Å². The lowest BCUT2D eigenvalue weighted by Crippen LogP contribution is -2.38. The summed E-state index contributed by atoms with van der Waals surface area (Å²) < 4.78 is 1.92. The average molecular weight is 378 g/mol. The molecule has 1 aliphatic rings. The Morgan fingerprint density at radius 3 is 2.61 bits per heavy atom. The summed E-state index contributed by atoms with van der Waals surface area (Å²) in [6, 6.07) is 10.3. The lowest BCUT2D eigenvalue weighted by Gasteiger charge is -2.33. The van der Waals surface area contributed by atoms with Crippen molar-refractivity contribution in [2.24, 2.45) is 10.2 Å². The number of aromatic nitrogens is 3. The van der Waals surface area contributed by atoms with Crippen LogP contribution < -0.4 is 0 Å². The van der Waals surface area contributed by atoms with Crippen LogP contribution in [0.5, 0.6) is 5.88 Å². The van der Waals surface area contributed by atoms with E-state index in [9.17, 15) is 5.11 Å². The van der Waals surface area contributed by atoms with E-state index in [1.807, 2.05) is 48.7 Å². The molecule has 0 saturated carbocycles. The molecular weight excluding hydrogens is 352 g/mol. The summed E-state index contributed by atoms with van der Waals surface area (Å²) in [5, 5.41) is 20.4. The molecule has 3 aromatic rings. The number of aryl methyl sites for hydroxylation is 2. The number of aromatic hydroxyl groups is 1. The molecule has 3 heterocycles. The van der Waals surface area contributed by atoms with Crippen LogP contribution in [0.15, 0.2) is 40.6 Å². The molecule has 1 fully saturated rings. The van der Waals surface area contributed by atoms with Gasteiger partial charge in [0.1, 0.15) is 0 Å². The van der Waals surface area contributed by atoms with Crippen molar-refractivity contribution < 1.29 is 5.11 Å². The second kappa shape index (κ2) is 7.67.